The molecule has 16 heavy (non-hydrogen) atoms. The van der Waals surface area contributed by atoms with Crippen LogP contribution in [-0.4, -0.2) is 11.0 Å². The second-order valence-electron chi connectivity index (χ2n) is 4.08. The van der Waals surface area contributed by atoms with E-state index < -0.39 is 10.7 Å². The number of hydrogen-bond acceptors (Lipinski definition) is 3. The largest absolute Gasteiger partial charge is 0.382 e. The highest BCUT2D eigenvalue weighted by Crippen LogP contribution is 2.25. The first-order valence-electron chi connectivity index (χ1n) is 5.36. The van der Waals surface area contributed by atoms with Crippen molar-refractivity contribution in [2.24, 2.45) is 0 Å². The summed E-state index contributed by atoms with van der Waals surface area (Å²) in [5.74, 6) is -0.574. The van der Waals surface area contributed by atoms with Crippen molar-refractivity contribution in [1.82, 2.24) is 0 Å². The highest BCUT2D eigenvalue weighted by atomic mass is 19.1. The van der Waals surface area contributed by atoms with Crippen molar-refractivity contribution in [2.75, 3.05) is 5.32 Å². The van der Waals surface area contributed by atoms with Crippen molar-refractivity contribution >= 4 is 11.4 Å². The first-order chi connectivity index (χ1) is 7.65. The lowest BCUT2D eigenvalue weighted by molar-refractivity contribution is -0.385. The van der Waals surface area contributed by atoms with E-state index in [1.807, 2.05) is 0 Å². The number of nitro groups is 1. The van der Waals surface area contributed by atoms with Gasteiger partial charge in [-0.2, -0.15) is 0 Å². The minimum absolute atomic E-state index is 0.208. The second-order valence-corrected chi connectivity index (χ2v) is 4.08. The molecule has 1 fully saturated rings. The Hall–Kier alpha value is -1.65. The molecule has 0 aromatic heterocycles. The first-order valence-corrected chi connectivity index (χ1v) is 5.36. The predicted molar refractivity (Wildman–Crippen MR) is 58.9 cm³/mol. The molecule has 0 saturated heterocycles. The topological polar surface area (TPSA) is 55.2 Å². The summed E-state index contributed by atoms with van der Waals surface area (Å²) in [6.45, 7) is 0. The van der Waals surface area contributed by atoms with E-state index in [0.29, 0.717) is 11.7 Å². The van der Waals surface area contributed by atoms with E-state index >= 15 is 0 Å². The van der Waals surface area contributed by atoms with Gasteiger partial charge < -0.3 is 5.32 Å². The van der Waals surface area contributed by atoms with E-state index in [9.17, 15) is 14.5 Å². The standard InChI is InChI=1S/C11H13FN2O2/c12-8-5-10(7-11(6-8)14(15)16)13-9-3-1-2-4-9/h5-7,9,13H,1-4H2. The maximum absolute atomic E-state index is 13.1. The Morgan fingerprint density at radius 1 is 1.31 bits per heavy atom. The van der Waals surface area contributed by atoms with Gasteiger partial charge in [-0.25, -0.2) is 4.39 Å². The Kier molecular flexibility index (Phi) is 3.03. The highest BCUT2D eigenvalue weighted by Gasteiger charge is 2.16. The van der Waals surface area contributed by atoms with Crippen LogP contribution >= 0.6 is 0 Å². The molecule has 0 amide bonds. The lowest BCUT2D eigenvalue weighted by Gasteiger charge is -2.13. The summed E-state index contributed by atoms with van der Waals surface area (Å²) in [6, 6.07) is 3.92. The Morgan fingerprint density at radius 2 is 2.00 bits per heavy atom. The number of hydrogen-bond donors (Lipinski definition) is 1. The van der Waals surface area contributed by atoms with E-state index in [-0.39, 0.29) is 5.69 Å². The fraction of sp³-hybridized carbons (Fsp3) is 0.455. The van der Waals surface area contributed by atoms with Gasteiger partial charge in [0.15, 0.2) is 0 Å². The lowest BCUT2D eigenvalue weighted by atomic mass is 10.2. The third-order valence-electron chi connectivity index (χ3n) is 2.82. The first kappa shape index (κ1) is 10.9. The number of nitrogens with one attached hydrogen (secondary N) is 1. The zero-order chi connectivity index (χ0) is 11.5. The van der Waals surface area contributed by atoms with E-state index in [0.717, 1.165) is 31.7 Å². The molecule has 1 N–H and O–H groups in total. The molecule has 5 heteroatoms. The fourth-order valence-electron chi connectivity index (χ4n) is 2.07. The van der Waals surface area contributed by atoms with Crippen LogP contribution in [0.2, 0.25) is 0 Å². The maximum atomic E-state index is 13.1. The third-order valence-corrected chi connectivity index (χ3v) is 2.82. The van der Waals surface area contributed by atoms with Crippen molar-refractivity contribution in [2.45, 2.75) is 31.7 Å². The molecule has 0 unspecified atom stereocenters. The van der Waals surface area contributed by atoms with Gasteiger partial charge >= 0.3 is 0 Å². The van der Waals surface area contributed by atoms with Gasteiger partial charge in [-0.3, -0.25) is 10.1 Å². The summed E-state index contributed by atoms with van der Waals surface area (Å²) < 4.78 is 13.1. The van der Waals surface area contributed by atoms with Crippen LogP contribution in [0.3, 0.4) is 0 Å². The van der Waals surface area contributed by atoms with Gasteiger partial charge in [-0.1, -0.05) is 12.8 Å². The third kappa shape index (κ3) is 2.48. The molecule has 0 spiro atoms. The Morgan fingerprint density at radius 3 is 2.62 bits per heavy atom. The molecule has 4 nitrogen and oxygen atoms in total. The van der Waals surface area contributed by atoms with Crippen molar-refractivity contribution in [3.63, 3.8) is 0 Å². The molecule has 1 saturated carbocycles. The van der Waals surface area contributed by atoms with E-state index in [1.54, 1.807) is 0 Å². The van der Waals surface area contributed by atoms with Gasteiger partial charge in [0.2, 0.25) is 0 Å². The molecule has 0 heterocycles. The van der Waals surface area contributed by atoms with Gasteiger partial charge in [0.1, 0.15) is 5.82 Å². The van der Waals surface area contributed by atoms with Gasteiger partial charge in [-0.15, -0.1) is 0 Å². The maximum Gasteiger partial charge on any atom is 0.274 e. The van der Waals surface area contributed by atoms with Crippen LogP contribution in [0.5, 0.6) is 0 Å². The Bertz CT molecular complexity index is 403. The minimum atomic E-state index is -0.580. The summed E-state index contributed by atoms with van der Waals surface area (Å²) in [5, 5.41) is 13.7. The molecular formula is C11H13FN2O2. The fourth-order valence-corrected chi connectivity index (χ4v) is 2.07. The molecule has 0 atom stereocenters. The number of rotatable bonds is 3. The van der Waals surface area contributed by atoms with E-state index in [1.165, 1.54) is 12.1 Å². The SMILES string of the molecule is O=[N+]([O-])c1cc(F)cc(NC2CCCC2)c1. The molecule has 0 bridgehead atoms. The predicted octanol–water partition coefficient (Wildman–Crippen LogP) is 3.09. The number of non-ortho nitro benzene ring substituents is 1. The van der Waals surface area contributed by atoms with Crippen LogP contribution in [0.25, 0.3) is 0 Å². The summed E-state index contributed by atoms with van der Waals surface area (Å²) in [6.07, 6.45) is 4.42. The smallest absolute Gasteiger partial charge is 0.274 e. The van der Waals surface area contributed by atoms with Crippen molar-refractivity contribution in [1.29, 1.82) is 0 Å². The molecule has 1 aliphatic rings. The van der Waals surface area contributed by atoms with Gasteiger partial charge in [0.25, 0.3) is 5.69 Å². The molecule has 1 aliphatic carbocycles. The van der Waals surface area contributed by atoms with Crippen molar-refractivity contribution < 1.29 is 9.31 Å². The molecule has 0 radical (unpaired) electrons. The van der Waals surface area contributed by atoms with E-state index in [4.69, 9.17) is 0 Å². The average molecular weight is 224 g/mol. The van der Waals surface area contributed by atoms with Crippen molar-refractivity contribution in [3.8, 4) is 0 Å². The van der Waals surface area contributed by atoms with Crippen LogP contribution in [0, 0.1) is 15.9 Å². The molecule has 1 aromatic carbocycles. The molecule has 86 valence electrons. The van der Waals surface area contributed by atoms with Gasteiger partial charge in [0.05, 0.1) is 11.0 Å². The average Bonchev–Trinajstić information content (AvgIpc) is 2.69. The van der Waals surface area contributed by atoms with Crippen LogP contribution in [0.1, 0.15) is 25.7 Å². The van der Waals surface area contributed by atoms with Gasteiger partial charge in [0, 0.05) is 17.8 Å². The number of nitro benzene ring substituents is 1. The number of halogens is 1. The second kappa shape index (κ2) is 4.47. The zero-order valence-corrected chi connectivity index (χ0v) is 8.78. The van der Waals surface area contributed by atoms with E-state index in [2.05, 4.69) is 5.32 Å². The number of anilines is 1. The molecule has 2 rings (SSSR count). The van der Waals surface area contributed by atoms with Crippen LogP contribution in [0.4, 0.5) is 15.8 Å². The summed E-state index contributed by atoms with van der Waals surface area (Å²) >= 11 is 0. The molecule has 0 aliphatic heterocycles. The summed E-state index contributed by atoms with van der Waals surface area (Å²) in [4.78, 5) is 9.97. The van der Waals surface area contributed by atoms with Crippen LogP contribution in [-0.2, 0) is 0 Å². The highest BCUT2D eigenvalue weighted by molar-refractivity contribution is 5.52. The van der Waals surface area contributed by atoms with Crippen LogP contribution in [0.15, 0.2) is 18.2 Å². The van der Waals surface area contributed by atoms with Crippen LogP contribution < -0.4 is 5.32 Å². The summed E-state index contributed by atoms with van der Waals surface area (Å²) in [7, 11) is 0. The lowest BCUT2D eigenvalue weighted by Crippen LogP contribution is -2.14. The number of benzene rings is 1. The van der Waals surface area contributed by atoms with Gasteiger partial charge in [-0.05, 0) is 18.9 Å². The minimum Gasteiger partial charge on any atom is -0.382 e. The quantitative estimate of drug-likeness (QED) is 0.634. The monoisotopic (exact) mass is 224 g/mol. The molecule has 1 aromatic rings. The summed E-state index contributed by atoms with van der Waals surface area (Å²) in [5.41, 5.74) is 0.291. The zero-order valence-electron chi connectivity index (χ0n) is 8.78. The van der Waals surface area contributed by atoms with Crippen molar-refractivity contribution in [3.05, 3.63) is 34.1 Å². The Balaban J connectivity index is 2.16. The normalized spacial score (nSPS) is 16.3. The Labute approximate surface area is 92.6 Å². The number of nitrogens with zero attached hydrogens (tertiary/aromatic N) is 1. The molecular weight excluding hydrogens is 211 g/mol.